The third-order valence-corrected chi connectivity index (χ3v) is 1.21. The highest BCUT2D eigenvalue weighted by molar-refractivity contribution is 7.25. The molecule has 4 heteroatoms. The van der Waals surface area contributed by atoms with Gasteiger partial charge < -0.3 is 0 Å². The van der Waals surface area contributed by atoms with E-state index in [1.807, 2.05) is 0 Å². The average Bonchev–Trinajstić information content (AvgIpc) is 1.85. The first-order valence-electron chi connectivity index (χ1n) is 2.02. The monoisotopic (exact) mass is 129 g/mol. The van der Waals surface area contributed by atoms with E-state index in [4.69, 9.17) is 0 Å². The fourth-order valence-electron chi connectivity index (χ4n) is 0.427. The topological polar surface area (TPSA) is 46.2 Å². The van der Waals surface area contributed by atoms with Crippen molar-refractivity contribution >= 4 is 21.1 Å². The summed E-state index contributed by atoms with van der Waals surface area (Å²) in [7, 11) is 2.16. The number of carbonyl (C=O) groups excluding carboxylic acids is 2. The zero-order chi connectivity index (χ0) is 6.15. The molecule has 0 fully saturated rings. The summed E-state index contributed by atoms with van der Waals surface area (Å²) in [5, 5.41) is 2.47. The van der Waals surface area contributed by atoms with Crippen LogP contribution in [0, 0.1) is 0 Å². The van der Waals surface area contributed by atoms with Crippen LogP contribution in [-0.2, 0) is 9.59 Å². The molecule has 0 radical (unpaired) electrons. The summed E-state index contributed by atoms with van der Waals surface area (Å²) in [6, 6.07) is 0. The van der Waals surface area contributed by atoms with Crippen molar-refractivity contribution in [3.63, 3.8) is 0 Å². The first-order chi connectivity index (χ1) is 3.70. The SMILES string of the molecule is O=C1C=C(P)C(=O)N1. The number of rotatable bonds is 0. The Morgan fingerprint density at radius 3 is 2.25 bits per heavy atom. The highest BCUT2D eigenvalue weighted by Gasteiger charge is 2.15. The van der Waals surface area contributed by atoms with Gasteiger partial charge in [-0.1, -0.05) is 9.24 Å². The number of hydrogen-bond acceptors (Lipinski definition) is 2. The lowest BCUT2D eigenvalue weighted by Crippen LogP contribution is -2.21. The first kappa shape index (κ1) is 5.45. The molecule has 8 heavy (non-hydrogen) atoms. The molecule has 0 aromatic rings. The molecule has 0 saturated carbocycles. The smallest absolute Gasteiger partial charge is 0.258 e. The molecule has 1 aliphatic rings. The summed E-state index contributed by atoms with van der Waals surface area (Å²) in [6.45, 7) is 0. The van der Waals surface area contributed by atoms with Gasteiger partial charge in [0.05, 0.1) is 0 Å². The Balaban J connectivity index is 2.88. The molecule has 1 rings (SSSR count). The van der Waals surface area contributed by atoms with Crippen molar-refractivity contribution in [1.29, 1.82) is 0 Å². The summed E-state index contributed by atoms with van der Waals surface area (Å²) in [6.07, 6.45) is 1.24. The van der Waals surface area contributed by atoms with Crippen LogP contribution in [0.1, 0.15) is 0 Å². The van der Waals surface area contributed by atoms with Gasteiger partial charge in [-0.2, -0.15) is 0 Å². The largest absolute Gasteiger partial charge is 0.289 e. The standard InChI is InChI=1S/C4H4NO2P/c6-3-1-2(8)4(7)5-3/h1H,8H2,(H,5,6,7). The third kappa shape index (κ3) is 0.771. The van der Waals surface area contributed by atoms with Crippen molar-refractivity contribution in [1.82, 2.24) is 5.32 Å². The molecule has 3 nitrogen and oxygen atoms in total. The van der Waals surface area contributed by atoms with Gasteiger partial charge in [0.15, 0.2) is 0 Å². The van der Waals surface area contributed by atoms with Gasteiger partial charge in [0, 0.05) is 11.4 Å². The Hall–Kier alpha value is -0.690. The lowest BCUT2D eigenvalue weighted by molar-refractivity contribution is -0.123. The highest BCUT2D eigenvalue weighted by Crippen LogP contribution is 2.08. The van der Waals surface area contributed by atoms with Crippen LogP contribution in [0.2, 0.25) is 0 Å². The number of carbonyl (C=O) groups is 2. The second kappa shape index (κ2) is 1.67. The van der Waals surface area contributed by atoms with E-state index in [2.05, 4.69) is 14.6 Å². The van der Waals surface area contributed by atoms with Crippen LogP contribution in [0.15, 0.2) is 11.4 Å². The second-order valence-corrected chi connectivity index (χ2v) is 2.04. The predicted molar refractivity (Wildman–Crippen MR) is 30.9 cm³/mol. The molecule has 0 aromatic heterocycles. The van der Waals surface area contributed by atoms with Gasteiger partial charge in [-0.05, 0) is 0 Å². The van der Waals surface area contributed by atoms with Crippen molar-refractivity contribution in [2.45, 2.75) is 0 Å². The van der Waals surface area contributed by atoms with E-state index in [0.717, 1.165) is 0 Å². The molecular formula is C4H4NO2P. The van der Waals surface area contributed by atoms with Crippen molar-refractivity contribution in [2.24, 2.45) is 0 Å². The Kier molecular flexibility index (Phi) is 1.14. The second-order valence-electron chi connectivity index (χ2n) is 1.42. The van der Waals surface area contributed by atoms with Crippen molar-refractivity contribution < 1.29 is 9.59 Å². The maximum atomic E-state index is 10.4. The minimum Gasteiger partial charge on any atom is -0.289 e. The number of hydrogen-bond donors (Lipinski definition) is 1. The van der Waals surface area contributed by atoms with Crippen molar-refractivity contribution in [2.75, 3.05) is 0 Å². The van der Waals surface area contributed by atoms with Crippen LogP contribution >= 0.6 is 9.24 Å². The molecule has 1 N–H and O–H groups in total. The zero-order valence-electron chi connectivity index (χ0n) is 3.97. The minimum atomic E-state index is -0.333. The van der Waals surface area contributed by atoms with E-state index in [9.17, 15) is 9.59 Å². The lowest BCUT2D eigenvalue weighted by Gasteiger charge is -1.84. The Morgan fingerprint density at radius 1 is 1.50 bits per heavy atom. The maximum Gasteiger partial charge on any atom is 0.258 e. The number of nitrogens with one attached hydrogen (secondary N) is 1. The highest BCUT2D eigenvalue weighted by atomic mass is 31.0. The molecule has 0 bridgehead atoms. The fourth-order valence-corrected chi connectivity index (χ4v) is 0.650. The molecule has 1 atom stereocenters. The Labute approximate surface area is 48.3 Å². The van der Waals surface area contributed by atoms with Gasteiger partial charge in [-0.25, -0.2) is 0 Å². The summed E-state index contributed by atoms with van der Waals surface area (Å²) in [5.41, 5.74) is 0. The van der Waals surface area contributed by atoms with Gasteiger partial charge in [0.2, 0.25) is 0 Å². The lowest BCUT2D eigenvalue weighted by atomic mass is 10.5. The van der Waals surface area contributed by atoms with Crippen LogP contribution in [0.4, 0.5) is 0 Å². The van der Waals surface area contributed by atoms with Gasteiger partial charge >= 0.3 is 0 Å². The molecule has 1 heterocycles. The van der Waals surface area contributed by atoms with Gasteiger partial charge in [0.25, 0.3) is 11.8 Å². The van der Waals surface area contributed by atoms with Crippen LogP contribution in [0.3, 0.4) is 0 Å². The van der Waals surface area contributed by atoms with E-state index in [-0.39, 0.29) is 11.8 Å². The molecule has 2 amide bonds. The van der Waals surface area contributed by atoms with E-state index >= 15 is 0 Å². The normalized spacial score (nSPS) is 18.4. The summed E-state index contributed by atoms with van der Waals surface area (Å²) < 4.78 is 0. The maximum absolute atomic E-state index is 10.4. The van der Waals surface area contributed by atoms with Gasteiger partial charge in [-0.3, -0.25) is 14.9 Å². The molecule has 0 saturated heterocycles. The zero-order valence-corrected chi connectivity index (χ0v) is 5.13. The minimum absolute atomic E-state index is 0.319. The van der Waals surface area contributed by atoms with E-state index in [1.54, 1.807) is 0 Å². The third-order valence-electron chi connectivity index (χ3n) is 0.786. The Morgan fingerprint density at radius 2 is 2.12 bits per heavy atom. The molecule has 0 spiro atoms. The van der Waals surface area contributed by atoms with E-state index < -0.39 is 0 Å². The molecule has 1 unspecified atom stereocenters. The van der Waals surface area contributed by atoms with Crippen LogP contribution < -0.4 is 5.32 Å². The van der Waals surface area contributed by atoms with Gasteiger partial charge in [0.1, 0.15) is 0 Å². The van der Waals surface area contributed by atoms with Crippen LogP contribution in [0.25, 0.3) is 0 Å². The molecule has 1 aliphatic heterocycles. The summed E-state index contributed by atoms with van der Waals surface area (Å²) >= 11 is 0. The van der Waals surface area contributed by atoms with Crippen LogP contribution in [-0.4, -0.2) is 11.8 Å². The quantitative estimate of drug-likeness (QED) is 0.350. The fraction of sp³-hybridized carbons (Fsp3) is 0. The summed E-state index contributed by atoms with van der Waals surface area (Å²) in [5.74, 6) is -0.653. The molecule has 0 aromatic carbocycles. The first-order valence-corrected chi connectivity index (χ1v) is 2.60. The van der Waals surface area contributed by atoms with E-state index in [0.29, 0.717) is 5.31 Å². The molecular weight excluding hydrogens is 125 g/mol. The van der Waals surface area contributed by atoms with Crippen molar-refractivity contribution in [3.05, 3.63) is 11.4 Å². The molecule has 0 aliphatic carbocycles. The number of amides is 2. The predicted octanol–water partition coefficient (Wildman–Crippen LogP) is -0.598. The molecule has 42 valence electrons. The average molecular weight is 129 g/mol. The van der Waals surface area contributed by atoms with Crippen LogP contribution in [0.5, 0.6) is 0 Å². The van der Waals surface area contributed by atoms with E-state index in [1.165, 1.54) is 6.08 Å². The number of imide groups is 1. The Bertz CT molecular complexity index is 184. The van der Waals surface area contributed by atoms with Crippen molar-refractivity contribution in [3.8, 4) is 0 Å². The summed E-state index contributed by atoms with van der Waals surface area (Å²) in [4.78, 5) is 20.6. The van der Waals surface area contributed by atoms with Gasteiger partial charge in [-0.15, -0.1) is 0 Å².